The van der Waals surface area contributed by atoms with Crippen LogP contribution in [-0.2, 0) is 0 Å². The lowest BCUT2D eigenvalue weighted by Gasteiger charge is -2.04. The fraction of sp³-hybridized carbons (Fsp3) is 0.176. The summed E-state index contributed by atoms with van der Waals surface area (Å²) < 4.78 is 26.8. The predicted octanol–water partition coefficient (Wildman–Crippen LogP) is 5.45. The largest absolute Gasteiger partial charge is 0.204 e. The zero-order chi connectivity index (χ0) is 13.7. The first-order valence-electron chi connectivity index (χ1n) is 6.43. The maximum absolute atomic E-state index is 13.6. The van der Waals surface area contributed by atoms with E-state index in [0.717, 1.165) is 24.5 Å². The molecule has 0 atom stereocenters. The molecule has 0 nitrogen and oxygen atoms in total. The van der Waals surface area contributed by atoms with Crippen LogP contribution < -0.4 is 0 Å². The summed E-state index contributed by atoms with van der Waals surface area (Å²) in [5, 5.41) is 0. The number of unbranched alkanes of at least 4 members (excludes halogenated alkanes) is 1. The summed E-state index contributed by atoms with van der Waals surface area (Å²) in [6.07, 6.45) is 6.30. The highest BCUT2D eigenvalue weighted by Crippen LogP contribution is 2.24. The maximum Gasteiger partial charge on any atom is 0.166 e. The maximum atomic E-state index is 13.6. The van der Waals surface area contributed by atoms with Crippen molar-refractivity contribution in [3.63, 3.8) is 0 Å². The molecule has 0 fully saturated rings. The van der Waals surface area contributed by atoms with E-state index < -0.39 is 11.6 Å². The Morgan fingerprint density at radius 3 is 2.42 bits per heavy atom. The van der Waals surface area contributed by atoms with Gasteiger partial charge in [0.1, 0.15) is 0 Å². The molecule has 0 aliphatic carbocycles. The molecule has 0 aliphatic heterocycles. The number of rotatable bonds is 4. The summed E-state index contributed by atoms with van der Waals surface area (Å²) >= 11 is 0. The minimum absolute atomic E-state index is 0.295. The third-order valence-corrected chi connectivity index (χ3v) is 2.94. The summed E-state index contributed by atoms with van der Waals surface area (Å²) in [5.74, 6) is -1.61. The van der Waals surface area contributed by atoms with Crippen LogP contribution in [0.4, 0.5) is 8.78 Å². The second-order valence-electron chi connectivity index (χ2n) is 4.41. The van der Waals surface area contributed by atoms with Gasteiger partial charge in [0.25, 0.3) is 0 Å². The summed E-state index contributed by atoms with van der Waals surface area (Å²) in [6.45, 7) is 2.13. The van der Waals surface area contributed by atoms with E-state index in [2.05, 4.69) is 13.0 Å². The zero-order valence-corrected chi connectivity index (χ0v) is 10.9. The molecule has 2 rings (SSSR count). The van der Waals surface area contributed by atoms with Gasteiger partial charge in [-0.25, -0.2) is 8.78 Å². The van der Waals surface area contributed by atoms with Crippen LogP contribution in [0.25, 0.3) is 17.2 Å². The van der Waals surface area contributed by atoms with Gasteiger partial charge in [-0.2, -0.15) is 0 Å². The van der Waals surface area contributed by atoms with E-state index in [1.54, 1.807) is 6.07 Å². The van der Waals surface area contributed by atoms with Gasteiger partial charge >= 0.3 is 0 Å². The van der Waals surface area contributed by atoms with Crippen molar-refractivity contribution in [1.29, 1.82) is 0 Å². The van der Waals surface area contributed by atoms with Crippen LogP contribution in [0.15, 0.2) is 48.5 Å². The summed E-state index contributed by atoms with van der Waals surface area (Å²) in [5.41, 5.74) is 2.04. The fourth-order valence-electron chi connectivity index (χ4n) is 1.89. The van der Waals surface area contributed by atoms with Gasteiger partial charge in [0.15, 0.2) is 11.6 Å². The second kappa shape index (κ2) is 6.28. The van der Waals surface area contributed by atoms with Gasteiger partial charge in [-0.3, -0.25) is 0 Å². The van der Waals surface area contributed by atoms with Crippen molar-refractivity contribution in [2.45, 2.75) is 19.8 Å². The molecule has 0 unspecified atom stereocenters. The molecule has 0 amide bonds. The first-order valence-corrected chi connectivity index (χ1v) is 6.43. The van der Waals surface area contributed by atoms with Crippen molar-refractivity contribution < 1.29 is 8.78 Å². The van der Waals surface area contributed by atoms with Crippen molar-refractivity contribution in [3.05, 3.63) is 65.7 Å². The van der Waals surface area contributed by atoms with E-state index in [9.17, 15) is 8.78 Å². The molecule has 0 bridgehead atoms. The third kappa shape index (κ3) is 3.28. The van der Waals surface area contributed by atoms with Crippen LogP contribution >= 0.6 is 0 Å². The zero-order valence-electron chi connectivity index (χ0n) is 10.9. The van der Waals surface area contributed by atoms with Crippen LogP contribution in [0.2, 0.25) is 0 Å². The van der Waals surface area contributed by atoms with Crippen molar-refractivity contribution in [1.82, 2.24) is 0 Å². The quantitative estimate of drug-likeness (QED) is 0.684. The van der Waals surface area contributed by atoms with Crippen LogP contribution in [0.5, 0.6) is 0 Å². The van der Waals surface area contributed by atoms with E-state index in [1.807, 2.05) is 30.3 Å². The van der Waals surface area contributed by atoms with Crippen molar-refractivity contribution in [2.75, 3.05) is 0 Å². The molecule has 0 heterocycles. The molecule has 0 spiro atoms. The van der Waals surface area contributed by atoms with Crippen molar-refractivity contribution in [3.8, 4) is 11.1 Å². The molecule has 0 aliphatic rings. The highest BCUT2D eigenvalue weighted by atomic mass is 19.2. The van der Waals surface area contributed by atoms with E-state index in [-0.39, 0.29) is 0 Å². The topological polar surface area (TPSA) is 0 Å². The highest BCUT2D eigenvalue weighted by Gasteiger charge is 2.08. The number of hydrogen-bond donors (Lipinski definition) is 0. The van der Waals surface area contributed by atoms with Crippen LogP contribution in [0.3, 0.4) is 0 Å². The Labute approximate surface area is 112 Å². The standard InChI is InChI=1S/C17H16F2/c1-2-3-4-6-13-9-11-14(12-10-13)15-7-5-8-16(18)17(15)19/h4-12H,2-3H2,1H3. The first kappa shape index (κ1) is 13.5. The number of halogens is 2. The van der Waals surface area contributed by atoms with Gasteiger partial charge < -0.3 is 0 Å². The molecular weight excluding hydrogens is 242 g/mol. The smallest absolute Gasteiger partial charge is 0.166 e. The number of hydrogen-bond acceptors (Lipinski definition) is 0. The van der Waals surface area contributed by atoms with Crippen molar-refractivity contribution >= 4 is 6.08 Å². The lowest BCUT2D eigenvalue weighted by atomic mass is 10.0. The molecule has 19 heavy (non-hydrogen) atoms. The SMILES string of the molecule is CCCC=Cc1ccc(-c2cccc(F)c2F)cc1. The van der Waals surface area contributed by atoms with Gasteiger partial charge in [0.05, 0.1) is 0 Å². The molecular formula is C17H16F2. The average Bonchev–Trinajstić information content (AvgIpc) is 2.43. The Hall–Kier alpha value is -1.96. The summed E-state index contributed by atoms with van der Waals surface area (Å²) in [4.78, 5) is 0. The Balaban J connectivity index is 2.25. The first-order chi connectivity index (χ1) is 9.22. The lowest BCUT2D eigenvalue weighted by Crippen LogP contribution is -1.88. The molecule has 98 valence electrons. The van der Waals surface area contributed by atoms with Crippen LogP contribution in [0, 0.1) is 11.6 Å². The summed E-state index contributed by atoms with van der Waals surface area (Å²) in [7, 11) is 0. The Morgan fingerprint density at radius 2 is 1.74 bits per heavy atom. The van der Waals surface area contributed by atoms with Gasteiger partial charge in [0, 0.05) is 5.56 Å². The Kier molecular flexibility index (Phi) is 4.45. The van der Waals surface area contributed by atoms with E-state index >= 15 is 0 Å². The third-order valence-electron chi connectivity index (χ3n) is 2.94. The highest BCUT2D eigenvalue weighted by molar-refractivity contribution is 5.66. The van der Waals surface area contributed by atoms with Gasteiger partial charge in [-0.05, 0) is 23.6 Å². The molecule has 2 heteroatoms. The minimum Gasteiger partial charge on any atom is -0.204 e. The molecule has 0 N–H and O–H groups in total. The van der Waals surface area contributed by atoms with Crippen molar-refractivity contribution in [2.24, 2.45) is 0 Å². The van der Waals surface area contributed by atoms with Crippen LogP contribution in [-0.4, -0.2) is 0 Å². The number of allylic oxidation sites excluding steroid dienone is 1. The average molecular weight is 258 g/mol. The van der Waals surface area contributed by atoms with Crippen LogP contribution in [0.1, 0.15) is 25.3 Å². The fourth-order valence-corrected chi connectivity index (χ4v) is 1.89. The normalized spacial score (nSPS) is 11.1. The van der Waals surface area contributed by atoms with E-state index in [4.69, 9.17) is 0 Å². The monoisotopic (exact) mass is 258 g/mol. The van der Waals surface area contributed by atoms with E-state index in [1.165, 1.54) is 6.07 Å². The Bertz CT molecular complexity index is 568. The molecule has 0 saturated carbocycles. The minimum atomic E-state index is -0.815. The second-order valence-corrected chi connectivity index (χ2v) is 4.41. The molecule has 2 aromatic rings. The number of benzene rings is 2. The molecule has 2 aromatic carbocycles. The summed E-state index contributed by atoms with van der Waals surface area (Å²) in [6, 6.07) is 11.7. The Morgan fingerprint density at radius 1 is 1.00 bits per heavy atom. The molecule has 0 radical (unpaired) electrons. The van der Waals surface area contributed by atoms with E-state index in [0.29, 0.717) is 11.1 Å². The predicted molar refractivity (Wildman–Crippen MR) is 75.7 cm³/mol. The van der Waals surface area contributed by atoms with Gasteiger partial charge in [-0.15, -0.1) is 0 Å². The van der Waals surface area contributed by atoms with Gasteiger partial charge in [0.2, 0.25) is 0 Å². The molecule has 0 aromatic heterocycles. The van der Waals surface area contributed by atoms with Gasteiger partial charge in [-0.1, -0.05) is 61.9 Å². The lowest BCUT2D eigenvalue weighted by molar-refractivity contribution is 0.511. The molecule has 0 saturated heterocycles.